The average Bonchev–Trinajstić information content (AvgIpc) is 3.40. The molecule has 0 aliphatic rings. The topological polar surface area (TPSA) is 90.8 Å². The number of anilines is 1. The first-order valence-corrected chi connectivity index (χ1v) is 9.03. The summed E-state index contributed by atoms with van der Waals surface area (Å²) in [5.41, 5.74) is 0.836. The van der Waals surface area contributed by atoms with Crippen LogP contribution in [0.25, 0.3) is 0 Å². The number of hydrogen-bond acceptors (Lipinski definition) is 5. The van der Waals surface area contributed by atoms with E-state index in [0.717, 1.165) is 5.56 Å². The standard InChI is InChI=1S/C18H14Cl2N6O2/c19-13-3-2-12(15(20)8-13)9-26-11-21-18(24-26)23-17(27)16-5-4-14(28-16)10-25-7-1-6-22-25/h1-8,11H,9-10H2,(H,23,24,27). The van der Waals surface area contributed by atoms with Crippen molar-refractivity contribution in [3.05, 3.63) is 82.2 Å². The van der Waals surface area contributed by atoms with Crippen LogP contribution in [0, 0.1) is 0 Å². The summed E-state index contributed by atoms with van der Waals surface area (Å²) in [4.78, 5) is 16.4. The molecule has 4 rings (SSSR count). The molecule has 10 heteroatoms. The van der Waals surface area contributed by atoms with Crippen molar-refractivity contribution in [1.82, 2.24) is 24.5 Å². The molecule has 1 aromatic carbocycles. The van der Waals surface area contributed by atoms with Gasteiger partial charge in [-0.1, -0.05) is 29.3 Å². The van der Waals surface area contributed by atoms with Gasteiger partial charge in [-0.2, -0.15) is 5.10 Å². The fourth-order valence-electron chi connectivity index (χ4n) is 2.55. The number of furan rings is 1. The van der Waals surface area contributed by atoms with Crippen LogP contribution in [-0.2, 0) is 13.1 Å². The molecule has 3 heterocycles. The Labute approximate surface area is 169 Å². The summed E-state index contributed by atoms with van der Waals surface area (Å²) in [6.07, 6.45) is 4.99. The summed E-state index contributed by atoms with van der Waals surface area (Å²) in [7, 11) is 0. The number of hydrogen-bond donors (Lipinski definition) is 1. The van der Waals surface area contributed by atoms with E-state index in [9.17, 15) is 4.79 Å². The van der Waals surface area contributed by atoms with Crippen LogP contribution in [0.2, 0.25) is 10.0 Å². The van der Waals surface area contributed by atoms with Gasteiger partial charge in [-0.25, -0.2) is 9.67 Å². The van der Waals surface area contributed by atoms with Crippen LogP contribution in [0.1, 0.15) is 21.9 Å². The lowest BCUT2D eigenvalue weighted by Crippen LogP contribution is -2.12. The van der Waals surface area contributed by atoms with Gasteiger partial charge in [-0.05, 0) is 35.9 Å². The van der Waals surface area contributed by atoms with Crippen LogP contribution in [-0.4, -0.2) is 30.5 Å². The van der Waals surface area contributed by atoms with Crippen LogP contribution in [0.15, 0.2) is 59.5 Å². The number of benzene rings is 1. The van der Waals surface area contributed by atoms with Gasteiger partial charge in [-0.15, -0.1) is 5.10 Å². The van der Waals surface area contributed by atoms with Gasteiger partial charge in [0, 0.05) is 22.4 Å². The molecular weight excluding hydrogens is 403 g/mol. The monoisotopic (exact) mass is 416 g/mol. The zero-order valence-corrected chi connectivity index (χ0v) is 15.9. The maximum Gasteiger partial charge on any atom is 0.293 e. The highest BCUT2D eigenvalue weighted by Gasteiger charge is 2.14. The molecule has 0 unspecified atom stereocenters. The van der Waals surface area contributed by atoms with Gasteiger partial charge in [0.15, 0.2) is 5.76 Å². The third-order valence-corrected chi connectivity index (χ3v) is 4.46. The van der Waals surface area contributed by atoms with Gasteiger partial charge in [0.1, 0.15) is 12.1 Å². The van der Waals surface area contributed by atoms with E-state index < -0.39 is 5.91 Å². The zero-order valence-electron chi connectivity index (χ0n) is 14.4. The summed E-state index contributed by atoms with van der Waals surface area (Å²) in [5.74, 6) is 0.512. The lowest BCUT2D eigenvalue weighted by atomic mass is 10.2. The highest BCUT2D eigenvalue weighted by atomic mass is 35.5. The molecule has 0 aliphatic heterocycles. The van der Waals surface area contributed by atoms with Crippen LogP contribution < -0.4 is 5.32 Å². The third kappa shape index (κ3) is 4.24. The summed E-state index contributed by atoms with van der Waals surface area (Å²) >= 11 is 12.1. The molecule has 0 saturated heterocycles. The highest BCUT2D eigenvalue weighted by Crippen LogP contribution is 2.21. The maximum absolute atomic E-state index is 12.3. The Morgan fingerprint density at radius 1 is 1.14 bits per heavy atom. The molecule has 0 aliphatic carbocycles. The molecule has 0 bridgehead atoms. The van der Waals surface area contributed by atoms with Crippen LogP contribution in [0.3, 0.4) is 0 Å². The van der Waals surface area contributed by atoms with E-state index in [0.29, 0.717) is 28.9 Å². The first kappa shape index (κ1) is 18.3. The Bertz CT molecular complexity index is 1100. The number of nitrogens with one attached hydrogen (secondary N) is 1. The molecule has 1 N–H and O–H groups in total. The van der Waals surface area contributed by atoms with E-state index in [2.05, 4.69) is 20.5 Å². The van der Waals surface area contributed by atoms with Crippen LogP contribution in [0.5, 0.6) is 0 Å². The predicted octanol–water partition coefficient (Wildman–Crippen LogP) is 3.72. The molecule has 4 aromatic rings. The number of rotatable bonds is 6. The van der Waals surface area contributed by atoms with Crippen LogP contribution >= 0.6 is 23.2 Å². The lowest BCUT2D eigenvalue weighted by Gasteiger charge is -2.04. The molecule has 0 atom stereocenters. The summed E-state index contributed by atoms with van der Waals surface area (Å²) in [5, 5.41) is 12.0. The van der Waals surface area contributed by atoms with Crippen molar-refractivity contribution in [2.45, 2.75) is 13.1 Å². The van der Waals surface area contributed by atoms with E-state index in [1.54, 1.807) is 39.8 Å². The molecule has 3 aromatic heterocycles. The van der Waals surface area contributed by atoms with Crippen LogP contribution in [0.4, 0.5) is 5.95 Å². The second kappa shape index (κ2) is 7.87. The van der Waals surface area contributed by atoms with Gasteiger partial charge in [0.05, 0.1) is 13.1 Å². The van der Waals surface area contributed by atoms with E-state index in [-0.39, 0.29) is 11.7 Å². The third-order valence-electron chi connectivity index (χ3n) is 3.87. The van der Waals surface area contributed by atoms with Crippen molar-refractivity contribution in [3.8, 4) is 0 Å². The fourth-order valence-corrected chi connectivity index (χ4v) is 3.02. The number of carbonyl (C=O) groups is 1. The van der Waals surface area contributed by atoms with Gasteiger partial charge < -0.3 is 4.42 Å². The fraction of sp³-hybridized carbons (Fsp3) is 0.111. The molecule has 0 saturated carbocycles. The molecule has 142 valence electrons. The molecule has 28 heavy (non-hydrogen) atoms. The second-order valence-electron chi connectivity index (χ2n) is 5.93. The summed E-state index contributed by atoms with van der Waals surface area (Å²) in [6.45, 7) is 0.836. The average molecular weight is 417 g/mol. The number of halogens is 2. The van der Waals surface area contributed by atoms with Gasteiger partial charge in [0.2, 0.25) is 5.95 Å². The first-order valence-electron chi connectivity index (χ1n) is 8.28. The van der Waals surface area contributed by atoms with Crippen molar-refractivity contribution in [2.75, 3.05) is 5.32 Å². The normalized spacial score (nSPS) is 10.9. The molecule has 0 radical (unpaired) electrons. The Morgan fingerprint density at radius 3 is 2.82 bits per heavy atom. The Hall–Kier alpha value is -3.10. The maximum atomic E-state index is 12.3. The minimum absolute atomic E-state index is 0.166. The summed E-state index contributed by atoms with van der Waals surface area (Å²) in [6, 6.07) is 10.4. The van der Waals surface area contributed by atoms with Gasteiger partial charge >= 0.3 is 0 Å². The smallest absolute Gasteiger partial charge is 0.293 e. The van der Waals surface area contributed by atoms with E-state index in [1.165, 1.54) is 6.33 Å². The Kier molecular flexibility index (Phi) is 5.14. The second-order valence-corrected chi connectivity index (χ2v) is 6.77. The van der Waals surface area contributed by atoms with E-state index in [1.807, 2.05) is 18.3 Å². The lowest BCUT2D eigenvalue weighted by molar-refractivity contribution is 0.0993. The minimum atomic E-state index is -0.436. The highest BCUT2D eigenvalue weighted by molar-refractivity contribution is 6.35. The van der Waals surface area contributed by atoms with Gasteiger partial charge in [0.25, 0.3) is 5.91 Å². The first-order chi connectivity index (χ1) is 13.6. The van der Waals surface area contributed by atoms with Gasteiger partial charge in [-0.3, -0.25) is 14.8 Å². The SMILES string of the molecule is O=C(Nc1ncn(Cc2ccc(Cl)cc2Cl)n1)c1ccc(Cn2cccn2)o1. The quantitative estimate of drug-likeness (QED) is 0.516. The summed E-state index contributed by atoms with van der Waals surface area (Å²) < 4.78 is 8.82. The number of amides is 1. The van der Waals surface area contributed by atoms with Crippen molar-refractivity contribution < 1.29 is 9.21 Å². The van der Waals surface area contributed by atoms with Crippen molar-refractivity contribution in [2.24, 2.45) is 0 Å². The van der Waals surface area contributed by atoms with Crippen molar-refractivity contribution >= 4 is 35.1 Å². The number of nitrogens with zero attached hydrogens (tertiary/aromatic N) is 5. The number of carbonyl (C=O) groups excluding carboxylic acids is 1. The molecule has 8 nitrogen and oxygen atoms in total. The molecule has 0 fully saturated rings. The number of aromatic nitrogens is 5. The molecular formula is C18H14Cl2N6O2. The predicted molar refractivity (Wildman–Crippen MR) is 104 cm³/mol. The van der Waals surface area contributed by atoms with Crippen molar-refractivity contribution in [3.63, 3.8) is 0 Å². The van der Waals surface area contributed by atoms with E-state index >= 15 is 0 Å². The molecule has 1 amide bonds. The van der Waals surface area contributed by atoms with Crippen molar-refractivity contribution in [1.29, 1.82) is 0 Å². The molecule has 0 spiro atoms. The Balaban J connectivity index is 1.39. The Morgan fingerprint density at radius 2 is 2.04 bits per heavy atom. The zero-order chi connectivity index (χ0) is 19.5. The van der Waals surface area contributed by atoms with E-state index in [4.69, 9.17) is 27.6 Å². The minimum Gasteiger partial charge on any atom is -0.454 e. The largest absolute Gasteiger partial charge is 0.454 e.